The first-order valence-electron chi connectivity index (χ1n) is 23.4. The van der Waals surface area contributed by atoms with Crippen molar-refractivity contribution >= 4 is 53.1 Å². The molecule has 8 atom stereocenters. The summed E-state index contributed by atoms with van der Waals surface area (Å²) in [4.78, 5) is 108. The Balaban J connectivity index is 3.12. The Kier molecular flexibility index (Phi) is 26.8. The highest BCUT2D eigenvalue weighted by Crippen LogP contribution is 2.24. The van der Waals surface area contributed by atoms with Crippen LogP contribution in [0.3, 0.4) is 0 Å². The number of methoxy groups -OCH3 is 1. The van der Waals surface area contributed by atoms with E-state index in [-0.39, 0.29) is 67.8 Å². The number of ketones is 1. The Morgan fingerprint density at radius 3 is 1.84 bits per heavy atom. The lowest BCUT2D eigenvalue weighted by atomic mass is 9.89. The van der Waals surface area contributed by atoms with Gasteiger partial charge in [-0.1, -0.05) is 80.4 Å². The third kappa shape index (κ3) is 20.2. The highest BCUT2D eigenvalue weighted by molar-refractivity contribution is 5.98. The molecule has 11 N–H and O–H groups in total. The van der Waals surface area contributed by atoms with Crippen LogP contribution in [0.2, 0.25) is 0 Å². The van der Waals surface area contributed by atoms with Crippen LogP contribution in [0.15, 0.2) is 24.3 Å². The van der Waals surface area contributed by atoms with Gasteiger partial charge in [-0.2, -0.15) is 0 Å². The van der Waals surface area contributed by atoms with Crippen molar-refractivity contribution in [2.45, 2.75) is 156 Å². The van der Waals surface area contributed by atoms with Crippen molar-refractivity contribution in [2.75, 3.05) is 39.6 Å². The number of nitrogens with one attached hydrogen (secondary N) is 5. The van der Waals surface area contributed by atoms with E-state index in [1.165, 1.54) is 26.0 Å². The van der Waals surface area contributed by atoms with Crippen molar-refractivity contribution in [3.05, 3.63) is 29.8 Å². The maximum absolute atomic E-state index is 14.1. The number of ether oxygens (including phenoxy) is 2. The van der Waals surface area contributed by atoms with E-state index in [1.807, 2.05) is 27.7 Å². The molecule has 0 bridgehead atoms. The van der Waals surface area contributed by atoms with E-state index in [2.05, 4.69) is 26.6 Å². The number of amides is 8. The number of benzene rings is 1. The molecule has 67 heavy (non-hydrogen) atoms. The molecule has 1 aromatic rings. The summed E-state index contributed by atoms with van der Waals surface area (Å²) in [6.07, 6.45) is 1.68. The van der Waals surface area contributed by atoms with E-state index in [4.69, 9.17) is 26.7 Å². The Morgan fingerprint density at radius 1 is 0.731 bits per heavy atom. The van der Waals surface area contributed by atoms with E-state index in [0.29, 0.717) is 37.1 Å². The molecule has 380 valence electrons. The third-order valence-corrected chi connectivity index (χ3v) is 11.8. The minimum absolute atomic E-state index is 0.0179. The molecular weight excluding hydrogens is 865 g/mol. The normalized spacial score (nSPS) is 14.9. The number of rotatable bonds is 30. The van der Waals surface area contributed by atoms with E-state index < -0.39 is 78.1 Å². The monoisotopic (exact) mass is 947 g/mol. The largest absolute Gasteiger partial charge is 0.445 e. The zero-order chi connectivity index (χ0) is 51.1. The van der Waals surface area contributed by atoms with Crippen LogP contribution in [0.25, 0.3) is 0 Å². The van der Waals surface area contributed by atoms with Crippen LogP contribution in [0.5, 0.6) is 0 Å². The number of urea groups is 1. The van der Waals surface area contributed by atoms with Crippen molar-refractivity contribution in [2.24, 2.45) is 40.9 Å². The van der Waals surface area contributed by atoms with Crippen molar-refractivity contribution in [1.29, 1.82) is 0 Å². The van der Waals surface area contributed by atoms with Crippen molar-refractivity contribution < 1.29 is 47.8 Å². The van der Waals surface area contributed by atoms with Crippen molar-refractivity contribution in [3.8, 4) is 0 Å². The molecule has 0 fully saturated rings. The molecule has 0 aromatic heterocycles. The second kappa shape index (κ2) is 30.1. The summed E-state index contributed by atoms with van der Waals surface area (Å²) < 4.78 is 11.3. The van der Waals surface area contributed by atoms with Crippen LogP contribution in [0.1, 0.15) is 113 Å². The first-order chi connectivity index (χ1) is 31.4. The molecule has 0 aliphatic rings. The van der Waals surface area contributed by atoms with Gasteiger partial charge in [0.05, 0.1) is 18.2 Å². The first-order valence-corrected chi connectivity index (χ1v) is 23.4. The summed E-state index contributed by atoms with van der Waals surface area (Å²) in [5.74, 6) is -3.66. The highest BCUT2D eigenvalue weighted by Gasteiger charge is 2.39. The zero-order valence-corrected chi connectivity index (χ0v) is 41.9. The number of Topliss-reactive ketones (excluding diaryl/α,β-unsaturated/α-hetero) is 1. The van der Waals surface area contributed by atoms with Crippen molar-refractivity contribution in [1.82, 2.24) is 31.1 Å². The van der Waals surface area contributed by atoms with Gasteiger partial charge in [0, 0.05) is 39.9 Å². The fraction of sp³-hybridized carbons (Fsp3) is 0.702. The van der Waals surface area contributed by atoms with Gasteiger partial charge in [-0.15, -0.1) is 0 Å². The van der Waals surface area contributed by atoms with Gasteiger partial charge >= 0.3 is 12.1 Å². The number of anilines is 1. The Hall–Kier alpha value is -5.34. The summed E-state index contributed by atoms with van der Waals surface area (Å²) in [5, 5.41) is 13.6. The molecule has 1 aromatic carbocycles. The summed E-state index contributed by atoms with van der Waals surface area (Å²) in [7, 11) is 4.61. The Morgan fingerprint density at radius 2 is 1.33 bits per heavy atom. The van der Waals surface area contributed by atoms with E-state index in [9.17, 15) is 38.4 Å². The quantitative estimate of drug-likeness (QED) is 0.0517. The number of carbonyl (C=O) groups is 8. The number of nitrogens with two attached hydrogens (primary N) is 3. The van der Waals surface area contributed by atoms with Gasteiger partial charge in [-0.3, -0.25) is 33.7 Å². The average Bonchev–Trinajstić information content (AvgIpc) is 3.26. The lowest BCUT2D eigenvalue weighted by Gasteiger charge is -2.40. The lowest BCUT2D eigenvalue weighted by Crippen LogP contribution is -2.60. The van der Waals surface area contributed by atoms with Gasteiger partial charge in [-0.25, -0.2) is 9.59 Å². The maximum Gasteiger partial charge on any atom is 0.410 e. The molecule has 20 heteroatoms. The second-order valence-corrected chi connectivity index (χ2v) is 18.4. The molecule has 0 saturated carbocycles. The van der Waals surface area contributed by atoms with Gasteiger partial charge in [0.25, 0.3) is 0 Å². The van der Waals surface area contributed by atoms with E-state index >= 15 is 0 Å². The summed E-state index contributed by atoms with van der Waals surface area (Å²) in [6, 6.07) is 0.423. The van der Waals surface area contributed by atoms with Crippen LogP contribution in [-0.2, 0) is 44.8 Å². The second-order valence-electron chi connectivity index (χ2n) is 18.4. The number of unbranched alkanes of at least 4 members (excludes halogenated alkanes) is 1. The van der Waals surface area contributed by atoms with Crippen LogP contribution in [0.4, 0.5) is 15.3 Å². The highest BCUT2D eigenvalue weighted by atomic mass is 16.6. The Bertz CT molecular complexity index is 1760. The minimum Gasteiger partial charge on any atom is -0.445 e. The summed E-state index contributed by atoms with van der Waals surface area (Å²) in [6.45, 7) is 16.6. The fourth-order valence-electron chi connectivity index (χ4n) is 7.67. The molecule has 0 radical (unpaired) electrons. The molecule has 0 aliphatic carbocycles. The topological polar surface area (TPSA) is 300 Å². The standard InChI is InChI=1S/C47H82N10O10/c1-13-30(8)40(36(66-12)25-31(9)58)56(10)45(63)38(28(4)5)55-44(62)39(29(6)7)57(11)47(65)67-26-32-19-21-33(22-20-32)52-42(60)35(18-16-24-51-46(50)64)53-43(61)37(27(2)3)54-41(59)34(49)17-14-15-23-48/h19-22,27-30,34-40H,13-18,23-26,48-49H2,1-12H3,(H,52,60)(H,53,61)(H,54,59)(H,55,62)(H3,50,51,64)/t30-,34?,35?,36+,37-,38-,39-,40-/m0/s1. The number of hydrogen-bond acceptors (Lipinski definition) is 12. The molecule has 0 aliphatic heterocycles. The molecular formula is C47H82N10O10. The molecule has 20 nitrogen and oxygen atoms in total. The fourth-order valence-corrected chi connectivity index (χ4v) is 7.67. The number of hydrogen-bond donors (Lipinski definition) is 8. The first kappa shape index (κ1) is 59.7. The Labute approximate surface area is 397 Å². The number of carbonyl (C=O) groups excluding carboxylic acids is 8. The van der Waals surface area contributed by atoms with Crippen LogP contribution in [-0.4, -0.2) is 134 Å². The van der Waals surface area contributed by atoms with Gasteiger partial charge in [0.1, 0.15) is 36.6 Å². The smallest absolute Gasteiger partial charge is 0.410 e. The predicted molar refractivity (Wildman–Crippen MR) is 257 cm³/mol. The average molecular weight is 947 g/mol. The third-order valence-electron chi connectivity index (χ3n) is 11.8. The van der Waals surface area contributed by atoms with Crippen LogP contribution in [0, 0.1) is 23.7 Å². The van der Waals surface area contributed by atoms with Gasteiger partial charge < -0.3 is 58.2 Å². The van der Waals surface area contributed by atoms with Gasteiger partial charge in [0.2, 0.25) is 29.5 Å². The zero-order valence-electron chi connectivity index (χ0n) is 41.9. The van der Waals surface area contributed by atoms with Gasteiger partial charge in [-0.05, 0) is 80.5 Å². The van der Waals surface area contributed by atoms with E-state index in [0.717, 1.165) is 6.42 Å². The van der Waals surface area contributed by atoms with Gasteiger partial charge in [0.15, 0.2) is 0 Å². The molecule has 1 rings (SSSR count). The lowest BCUT2D eigenvalue weighted by molar-refractivity contribution is -0.144. The molecule has 0 spiro atoms. The summed E-state index contributed by atoms with van der Waals surface area (Å²) >= 11 is 0. The van der Waals surface area contributed by atoms with Crippen molar-refractivity contribution in [3.63, 3.8) is 0 Å². The summed E-state index contributed by atoms with van der Waals surface area (Å²) in [5.41, 5.74) is 17.7. The number of nitrogens with zero attached hydrogens (tertiary/aromatic N) is 2. The van der Waals surface area contributed by atoms with E-state index in [1.54, 1.807) is 63.9 Å². The molecule has 2 unspecified atom stereocenters. The molecule has 0 saturated heterocycles. The SMILES string of the molecule is CC[C@H](C)[C@@H]([C@@H](CC(C)=O)OC)N(C)C(=O)[C@@H](NC(=O)[C@H](C(C)C)N(C)C(=O)OCc1ccc(NC(=O)C(CCCNC(N)=O)NC(=O)[C@@H](NC(=O)C(N)CCCCN)C(C)C)cc1)C(C)C. The maximum atomic E-state index is 14.1. The minimum atomic E-state index is -1.07. The molecule has 0 heterocycles. The van der Waals surface area contributed by atoms with Crippen LogP contribution < -0.4 is 43.8 Å². The number of primary amides is 1. The predicted octanol–water partition coefficient (Wildman–Crippen LogP) is 2.76. The molecule has 8 amide bonds. The van der Waals surface area contributed by atoms with Crippen LogP contribution >= 0.6 is 0 Å². The number of likely N-dealkylation sites (N-methyl/N-ethyl adjacent to an activating group) is 2.